The van der Waals surface area contributed by atoms with Gasteiger partial charge >= 0.3 is 5.97 Å². The summed E-state index contributed by atoms with van der Waals surface area (Å²) in [4.78, 5) is 24.1. The number of methoxy groups -OCH3 is 1. The van der Waals surface area contributed by atoms with E-state index >= 15 is 0 Å². The Morgan fingerprint density at radius 2 is 1.60 bits per heavy atom. The third-order valence-corrected chi connectivity index (χ3v) is 5.91. The van der Waals surface area contributed by atoms with Crippen LogP contribution in [0.1, 0.15) is 11.1 Å². The molecule has 3 rings (SSSR count). The van der Waals surface area contributed by atoms with E-state index in [9.17, 15) is 18.0 Å². The van der Waals surface area contributed by atoms with Crippen molar-refractivity contribution < 1.29 is 27.5 Å². The van der Waals surface area contributed by atoms with Crippen LogP contribution in [0.25, 0.3) is 6.08 Å². The molecular weight excluding hydrogens is 470 g/mol. The van der Waals surface area contributed by atoms with E-state index in [1.54, 1.807) is 36.4 Å². The molecule has 0 aromatic heterocycles. The number of carbonyl (C=O) groups is 2. The van der Waals surface area contributed by atoms with Gasteiger partial charge in [0.2, 0.25) is 10.0 Å². The Hall–Kier alpha value is -4.28. The standard InChI is InChI=1S/C25H23N3O6S/c1-33-23-16-20(12-14-22(23)34-25(30)15-13-19-8-4-2-5-9-19)17-26-28-24(29)18-27-35(31,32)21-10-6-3-7-11-21/h2-17,27H,18H2,1H3,(H,28,29)/b15-13+,26-17-. The highest BCUT2D eigenvalue weighted by molar-refractivity contribution is 7.89. The second-order valence-corrected chi connectivity index (χ2v) is 8.77. The van der Waals surface area contributed by atoms with E-state index in [1.807, 2.05) is 30.3 Å². The number of nitrogens with one attached hydrogen (secondary N) is 2. The molecule has 0 aliphatic rings. The smallest absolute Gasteiger partial charge is 0.336 e. The quantitative estimate of drug-likeness (QED) is 0.147. The normalized spacial score (nSPS) is 11.5. The maximum absolute atomic E-state index is 12.1. The van der Waals surface area contributed by atoms with Crippen molar-refractivity contribution in [3.8, 4) is 11.5 Å². The van der Waals surface area contributed by atoms with Crippen LogP contribution in [0.4, 0.5) is 0 Å². The van der Waals surface area contributed by atoms with Crippen LogP contribution in [-0.2, 0) is 19.6 Å². The molecule has 0 heterocycles. The number of amides is 1. The minimum absolute atomic E-state index is 0.0553. The zero-order valence-corrected chi connectivity index (χ0v) is 19.6. The number of nitrogens with zero attached hydrogens (tertiary/aromatic N) is 1. The van der Waals surface area contributed by atoms with Gasteiger partial charge in [-0.25, -0.2) is 23.4 Å². The molecule has 0 aliphatic heterocycles. The highest BCUT2D eigenvalue weighted by atomic mass is 32.2. The summed E-state index contributed by atoms with van der Waals surface area (Å²) in [5.41, 5.74) is 3.65. The first-order valence-electron chi connectivity index (χ1n) is 10.4. The monoisotopic (exact) mass is 493 g/mol. The maximum Gasteiger partial charge on any atom is 0.336 e. The molecule has 10 heteroatoms. The summed E-state index contributed by atoms with van der Waals surface area (Å²) in [6.45, 7) is -0.483. The summed E-state index contributed by atoms with van der Waals surface area (Å²) in [6, 6.07) is 21.7. The first kappa shape index (κ1) is 25.3. The molecule has 0 radical (unpaired) electrons. The van der Waals surface area contributed by atoms with Gasteiger partial charge in [0.15, 0.2) is 11.5 Å². The summed E-state index contributed by atoms with van der Waals surface area (Å²) in [5, 5.41) is 3.81. The lowest BCUT2D eigenvalue weighted by atomic mass is 10.2. The van der Waals surface area contributed by atoms with E-state index in [1.165, 1.54) is 37.6 Å². The van der Waals surface area contributed by atoms with Crippen LogP contribution in [0.3, 0.4) is 0 Å². The number of sulfonamides is 1. The summed E-state index contributed by atoms with van der Waals surface area (Å²) in [5.74, 6) is -0.716. The van der Waals surface area contributed by atoms with Gasteiger partial charge in [0.1, 0.15) is 0 Å². The van der Waals surface area contributed by atoms with Crippen LogP contribution in [0.15, 0.2) is 94.9 Å². The third-order valence-electron chi connectivity index (χ3n) is 4.49. The molecule has 3 aromatic carbocycles. The molecule has 0 spiro atoms. The zero-order chi connectivity index (χ0) is 25.1. The Balaban J connectivity index is 1.53. The van der Waals surface area contributed by atoms with Gasteiger partial charge in [-0.1, -0.05) is 48.5 Å². The fourth-order valence-corrected chi connectivity index (χ4v) is 3.78. The maximum atomic E-state index is 12.1. The first-order valence-corrected chi connectivity index (χ1v) is 11.9. The molecule has 1 amide bonds. The van der Waals surface area contributed by atoms with E-state index in [2.05, 4.69) is 15.2 Å². The SMILES string of the molecule is COc1cc(/C=N\NC(=O)CNS(=O)(=O)c2ccccc2)ccc1OC(=O)/C=C/c1ccccc1. The van der Waals surface area contributed by atoms with Crippen molar-refractivity contribution in [1.82, 2.24) is 10.1 Å². The fraction of sp³-hybridized carbons (Fsp3) is 0.0800. The van der Waals surface area contributed by atoms with E-state index < -0.39 is 28.4 Å². The molecule has 2 N–H and O–H groups in total. The molecule has 3 aromatic rings. The van der Waals surface area contributed by atoms with E-state index in [4.69, 9.17) is 9.47 Å². The predicted molar refractivity (Wildman–Crippen MR) is 131 cm³/mol. The number of rotatable bonds is 10. The van der Waals surface area contributed by atoms with E-state index in [0.29, 0.717) is 5.56 Å². The lowest BCUT2D eigenvalue weighted by Gasteiger charge is -2.08. The number of ether oxygens (including phenoxy) is 2. The molecular formula is C25H23N3O6S. The van der Waals surface area contributed by atoms with Crippen molar-refractivity contribution in [3.05, 3.63) is 96.1 Å². The summed E-state index contributed by atoms with van der Waals surface area (Å²) < 4.78 is 37.1. The van der Waals surface area contributed by atoms with Gasteiger partial charge in [-0.3, -0.25) is 4.79 Å². The Kier molecular flexibility index (Phi) is 8.88. The Morgan fingerprint density at radius 3 is 2.29 bits per heavy atom. The predicted octanol–water partition coefficient (Wildman–Crippen LogP) is 2.74. The Morgan fingerprint density at radius 1 is 0.914 bits per heavy atom. The van der Waals surface area contributed by atoms with Gasteiger partial charge < -0.3 is 9.47 Å². The molecule has 180 valence electrons. The van der Waals surface area contributed by atoms with Gasteiger partial charge in [-0.2, -0.15) is 5.10 Å². The molecule has 0 unspecified atom stereocenters. The molecule has 0 saturated heterocycles. The third kappa shape index (κ3) is 7.91. The van der Waals surface area contributed by atoms with Gasteiger partial charge in [0.05, 0.1) is 24.8 Å². The summed E-state index contributed by atoms with van der Waals surface area (Å²) in [7, 11) is -2.38. The van der Waals surface area contributed by atoms with E-state index in [0.717, 1.165) is 5.56 Å². The molecule has 9 nitrogen and oxygen atoms in total. The molecule has 0 bridgehead atoms. The van der Waals surface area contributed by atoms with Crippen LogP contribution in [-0.4, -0.2) is 40.2 Å². The van der Waals surface area contributed by atoms with Gasteiger partial charge in [-0.05, 0) is 47.5 Å². The van der Waals surface area contributed by atoms with Crippen LogP contribution >= 0.6 is 0 Å². The second kappa shape index (κ2) is 12.3. The van der Waals surface area contributed by atoms with Gasteiger partial charge in [0.25, 0.3) is 5.91 Å². The van der Waals surface area contributed by atoms with Gasteiger partial charge in [0, 0.05) is 6.08 Å². The topological polar surface area (TPSA) is 123 Å². The van der Waals surface area contributed by atoms with E-state index in [-0.39, 0.29) is 16.4 Å². The lowest BCUT2D eigenvalue weighted by Crippen LogP contribution is -2.34. The van der Waals surface area contributed by atoms with Crippen LogP contribution in [0, 0.1) is 0 Å². The fourth-order valence-electron chi connectivity index (χ4n) is 2.78. The summed E-state index contributed by atoms with van der Waals surface area (Å²) >= 11 is 0. The van der Waals surface area contributed by atoms with Crippen molar-refractivity contribution in [1.29, 1.82) is 0 Å². The van der Waals surface area contributed by atoms with Crippen molar-refractivity contribution in [2.45, 2.75) is 4.90 Å². The van der Waals surface area contributed by atoms with Crippen molar-refractivity contribution in [2.24, 2.45) is 5.10 Å². The number of benzene rings is 3. The van der Waals surface area contributed by atoms with Crippen molar-refractivity contribution in [3.63, 3.8) is 0 Å². The van der Waals surface area contributed by atoms with Crippen LogP contribution < -0.4 is 19.6 Å². The number of hydrogen-bond donors (Lipinski definition) is 2. The molecule has 0 atom stereocenters. The number of carbonyl (C=O) groups excluding carboxylic acids is 2. The highest BCUT2D eigenvalue weighted by Gasteiger charge is 2.14. The van der Waals surface area contributed by atoms with Crippen molar-refractivity contribution in [2.75, 3.05) is 13.7 Å². The highest BCUT2D eigenvalue weighted by Crippen LogP contribution is 2.27. The molecule has 0 saturated carbocycles. The number of hydrazone groups is 1. The average Bonchev–Trinajstić information content (AvgIpc) is 2.88. The Bertz CT molecular complexity index is 1320. The summed E-state index contributed by atoms with van der Waals surface area (Å²) in [6.07, 6.45) is 4.29. The van der Waals surface area contributed by atoms with Crippen LogP contribution in [0.5, 0.6) is 11.5 Å². The largest absolute Gasteiger partial charge is 0.493 e. The van der Waals surface area contributed by atoms with Gasteiger partial charge in [-0.15, -0.1) is 0 Å². The zero-order valence-electron chi connectivity index (χ0n) is 18.7. The lowest BCUT2D eigenvalue weighted by molar-refractivity contribution is -0.129. The minimum Gasteiger partial charge on any atom is -0.493 e. The number of hydrogen-bond acceptors (Lipinski definition) is 7. The van der Waals surface area contributed by atoms with Crippen LogP contribution in [0.2, 0.25) is 0 Å². The average molecular weight is 494 g/mol. The Labute approximate surface area is 203 Å². The molecule has 0 aliphatic carbocycles. The minimum atomic E-state index is -3.80. The first-order chi connectivity index (χ1) is 16.9. The molecule has 0 fully saturated rings. The van der Waals surface area contributed by atoms with Crippen molar-refractivity contribution >= 4 is 34.2 Å². The second-order valence-electron chi connectivity index (χ2n) is 7.01. The number of esters is 1. The molecule has 35 heavy (non-hydrogen) atoms.